The van der Waals surface area contributed by atoms with Crippen molar-refractivity contribution in [3.8, 4) is 10.6 Å². The molecule has 24 heavy (non-hydrogen) atoms. The first-order chi connectivity index (χ1) is 11.6. The van der Waals surface area contributed by atoms with Crippen LogP contribution in [-0.4, -0.2) is 22.9 Å². The number of non-ortho nitro benzene ring substituents is 1. The summed E-state index contributed by atoms with van der Waals surface area (Å²) in [6.07, 6.45) is 1.58. The van der Waals surface area contributed by atoms with E-state index in [9.17, 15) is 10.1 Å². The fourth-order valence-electron chi connectivity index (χ4n) is 2.03. The van der Waals surface area contributed by atoms with Gasteiger partial charge in [0.05, 0.1) is 26.0 Å². The molecule has 6 nitrogen and oxygen atoms in total. The Hall–Kier alpha value is -2.29. The van der Waals surface area contributed by atoms with E-state index in [2.05, 4.69) is 10.1 Å². The topological polar surface area (TPSA) is 72.8 Å². The molecule has 0 fully saturated rings. The van der Waals surface area contributed by atoms with Crippen molar-refractivity contribution in [3.05, 3.63) is 66.6 Å². The van der Waals surface area contributed by atoms with Gasteiger partial charge in [0, 0.05) is 30.1 Å². The van der Waals surface area contributed by atoms with Crippen molar-refractivity contribution in [2.45, 2.75) is 0 Å². The van der Waals surface area contributed by atoms with Gasteiger partial charge in [-0.25, -0.2) is 4.68 Å². The van der Waals surface area contributed by atoms with E-state index in [1.54, 1.807) is 30.1 Å². The Balaban J connectivity index is 2.02. The Morgan fingerprint density at radius 1 is 1.33 bits per heavy atom. The van der Waals surface area contributed by atoms with Crippen molar-refractivity contribution in [1.82, 2.24) is 4.68 Å². The molecular weight excluding hydrogens is 368 g/mol. The van der Waals surface area contributed by atoms with Crippen LogP contribution in [0.15, 0.2) is 51.9 Å². The lowest BCUT2D eigenvalue weighted by Gasteiger charge is -2.00. The molecule has 0 atom stereocenters. The van der Waals surface area contributed by atoms with E-state index in [0.29, 0.717) is 9.90 Å². The van der Waals surface area contributed by atoms with Gasteiger partial charge in [-0.1, -0.05) is 23.7 Å². The minimum Gasteiger partial charge on any atom is -0.261 e. The second kappa shape index (κ2) is 7.08. The molecule has 0 amide bonds. The van der Waals surface area contributed by atoms with Crippen LogP contribution in [0.5, 0.6) is 0 Å². The van der Waals surface area contributed by atoms with Gasteiger partial charge in [-0.2, -0.15) is 5.10 Å². The van der Waals surface area contributed by atoms with Gasteiger partial charge in [0.25, 0.3) is 5.69 Å². The normalized spacial score (nSPS) is 12.2. The molecule has 0 bridgehead atoms. The van der Waals surface area contributed by atoms with Gasteiger partial charge in [-0.3, -0.25) is 15.1 Å². The van der Waals surface area contributed by atoms with Crippen LogP contribution in [0.4, 0.5) is 5.69 Å². The predicted molar refractivity (Wildman–Crippen MR) is 98.2 cm³/mol. The third kappa shape index (κ3) is 3.45. The predicted octanol–water partition coefficient (Wildman–Crippen LogP) is 4.25. The van der Waals surface area contributed by atoms with Gasteiger partial charge in [0.15, 0.2) is 0 Å². The van der Waals surface area contributed by atoms with Crippen molar-refractivity contribution in [2.24, 2.45) is 10.1 Å². The van der Waals surface area contributed by atoms with Crippen molar-refractivity contribution in [3.63, 3.8) is 0 Å². The second-order valence-corrected chi connectivity index (χ2v) is 7.19. The van der Waals surface area contributed by atoms with E-state index < -0.39 is 4.92 Å². The Labute approximate surface area is 150 Å². The van der Waals surface area contributed by atoms with Crippen molar-refractivity contribution >= 4 is 46.2 Å². The number of aromatic nitrogens is 1. The number of nitro benzene ring substituents is 1. The van der Waals surface area contributed by atoms with Crippen LogP contribution in [0.1, 0.15) is 5.56 Å². The lowest BCUT2D eigenvalue weighted by atomic mass is 10.2. The molecule has 3 aromatic rings. The summed E-state index contributed by atoms with van der Waals surface area (Å²) in [5, 5.41) is 17.3. The number of nitrogens with zero attached hydrogens (tertiary/aromatic N) is 4. The van der Waals surface area contributed by atoms with Crippen LogP contribution in [-0.2, 0) is 0 Å². The quantitative estimate of drug-likeness (QED) is 0.386. The Morgan fingerprint density at radius 2 is 2.17 bits per heavy atom. The summed E-state index contributed by atoms with van der Waals surface area (Å²) in [4.78, 5) is 16.3. The minimum absolute atomic E-state index is 0.0277. The summed E-state index contributed by atoms with van der Waals surface area (Å²) in [5.74, 6) is 0. The molecule has 3 rings (SSSR count). The summed E-state index contributed by atoms with van der Waals surface area (Å²) in [6, 6.07) is 10.1. The monoisotopic (exact) mass is 378 g/mol. The number of rotatable bonds is 4. The average molecular weight is 379 g/mol. The van der Waals surface area contributed by atoms with Crippen molar-refractivity contribution in [2.75, 3.05) is 7.05 Å². The summed E-state index contributed by atoms with van der Waals surface area (Å²) < 4.78 is 2.39. The van der Waals surface area contributed by atoms with Gasteiger partial charge < -0.3 is 0 Å². The number of thiophene rings is 1. The molecule has 1 aromatic carbocycles. The molecule has 0 saturated heterocycles. The maximum atomic E-state index is 10.9. The molecule has 0 spiro atoms. The minimum atomic E-state index is -0.430. The first-order valence-corrected chi connectivity index (χ1v) is 8.84. The molecule has 0 aliphatic rings. The number of thiazole rings is 1. The molecule has 0 aliphatic heterocycles. The molecule has 9 heteroatoms. The molecule has 2 heterocycles. The molecule has 0 radical (unpaired) electrons. The number of hydrogen-bond donors (Lipinski definition) is 0. The third-order valence-corrected chi connectivity index (χ3v) is 5.27. The second-order valence-electron chi connectivity index (χ2n) is 4.64. The Bertz CT molecular complexity index is 987. The largest absolute Gasteiger partial charge is 0.270 e. The number of hydrogen-bond acceptors (Lipinski definition) is 6. The van der Waals surface area contributed by atoms with Crippen molar-refractivity contribution < 1.29 is 4.92 Å². The van der Waals surface area contributed by atoms with Gasteiger partial charge in [-0.15, -0.1) is 22.7 Å². The van der Waals surface area contributed by atoms with E-state index in [0.717, 1.165) is 15.4 Å². The zero-order valence-electron chi connectivity index (χ0n) is 12.4. The molecular formula is C15H11ClN4O2S2. The fourth-order valence-corrected chi connectivity index (χ4v) is 3.94. The van der Waals surface area contributed by atoms with Crippen LogP contribution >= 0.6 is 34.3 Å². The van der Waals surface area contributed by atoms with Crippen LogP contribution in [0, 0.1) is 10.1 Å². The standard InChI is InChI=1S/C15H11ClN4O2S2/c1-17-15-19(12(9-23-15)13-5-6-14(16)24-13)18-8-10-3-2-4-11(7-10)20(21)22/h2-9H,1H3/b17-15?,18-8-. The van der Waals surface area contributed by atoms with Gasteiger partial charge in [0.2, 0.25) is 4.80 Å². The summed E-state index contributed by atoms with van der Waals surface area (Å²) in [6.45, 7) is 0. The summed E-state index contributed by atoms with van der Waals surface area (Å²) in [7, 11) is 1.69. The Morgan fingerprint density at radius 3 is 2.83 bits per heavy atom. The highest BCUT2D eigenvalue weighted by Gasteiger charge is 2.10. The first kappa shape index (κ1) is 16.6. The molecule has 0 saturated carbocycles. The van der Waals surface area contributed by atoms with Crippen LogP contribution < -0.4 is 4.80 Å². The van der Waals surface area contributed by atoms with E-state index in [1.165, 1.54) is 34.8 Å². The van der Waals surface area contributed by atoms with E-state index in [4.69, 9.17) is 11.6 Å². The Kier molecular flexibility index (Phi) is 4.89. The van der Waals surface area contributed by atoms with Crippen LogP contribution in [0.25, 0.3) is 10.6 Å². The molecule has 2 aromatic heterocycles. The highest BCUT2D eigenvalue weighted by Crippen LogP contribution is 2.31. The molecule has 0 N–H and O–H groups in total. The van der Waals surface area contributed by atoms with Crippen LogP contribution in [0.2, 0.25) is 4.34 Å². The van der Waals surface area contributed by atoms with Crippen molar-refractivity contribution in [1.29, 1.82) is 0 Å². The van der Waals surface area contributed by atoms with E-state index in [1.807, 2.05) is 17.5 Å². The van der Waals surface area contributed by atoms with Gasteiger partial charge >= 0.3 is 0 Å². The number of halogens is 1. The lowest BCUT2D eigenvalue weighted by Crippen LogP contribution is -2.11. The SMILES string of the molecule is CN=c1scc(-c2ccc(Cl)s2)n1/N=C\c1cccc([N+](=O)[O-])c1. The summed E-state index contributed by atoms with van der Waals surface area (Å²) >= 11 is 8.92. The average Bonchev–Trinajstić information content (AvgIpc) is 3.18. The number of nitro groups is 1. The molecule has 0 aliphatic carbocycles. The zero-order chi connectivity index (χ0) is 17.1. The zero-order valence-corrected chi connectivity index (χ0v) is 14.8. The molecule has 0 unspecified atom stereocenters. The van der Waals surface area contributed by atoms with Gasteiger partial charge in [-0.05, 0) is 12.1 Å². The molecule has 122 valence electrons. The van der Waals surface area contributed by atoms with E-state index in [-0.39, 0.29) is 5.69 Å². The smallest absolute Gasteiger partial charge is 0.261 e. The lowest BCUT2D eigenvalue weighted by molar-refractivity contribution is -0.384. The first-order valence-electron chi connectivity index (χ1n) is 6.76. The maximum Gasteiger partial charge on any atom is 0.270 e. The van der Waals surface area contributed by atoms with Crippen LogP contribution in [0.3, 0.4) is 0 Å². The highest BCUT2D eigenvalue weighted by molar-refractivity contribution is 7.19. The highest BCUT2D eigenvalue weighted by atomic mass is 35.5. The fraction of sp³-hybridized carbons (Fsp3) is 0.0667. The van der Waals surface area contributed by atoms with E-state index >= 15 is 0 Å². The third-order valence-electron chi connectivity index (χ3n) is 3.11. The van der Waals surface area contributed by atoms with Gasteiger partial charge in [0.1, 0.15) is 0 Å². The summed E-state index contributed by atoms with van der Waals surface area (Å²) in [5.41, 5.74) is 1.54. The maximum absolute atomic E-state index is 10.9. The number of benzene rings is 1.